The van der Waals surface area contributed by atoms with Crippen molar-refractivity contribution in [2.75, 3.05) is 32.0 Å². The van der Waals surface area contributed by atoms with E-state index in [0.717, 1.165) is 51.0 Å². The molecule has 146 valence electrons. The van der Waals surface area contributed by atoms with E-state index in [0.29, 0.717) is 5.92 Å². The quantitative estimate of drug-likeness (QED) is 0.770. The number of alkyl halides is 3. The van der Waals surface area contributed by atoms with Crippen LogP contribution in [0.3, 0.4) is 0 Å². The monoisotopic (exact) mass is 391 g/mol. The molecule has 0 radical (unpaired) electrons. The van der Waals surface area contributed by atoms with Crippen molar-refractivity contribution >= 4 is 23.2 Å². The molecule has 8 heteroatoms. The fourth-order valence-corrected chi connectivity index (χ4v) is 3.43. The van der Waals surface area contributed by atoms with Gasteiger partial charge in [0.2, 0.25) is 5.91 Å². The molecular weight excluding hydrogens is 367 g/mol. The number of hydrogen-bond donors (Lipinski definition) is 2. The van der Waals surface area contributed by atoms with Gasteiger partial charge in [-0.1, -0.05) is 11.6 Å². The first-order valence-electron chi connectivity index (χ1n) is 8.78. The van der Waals surface area contributed by atoms with Crippen LogP contribution in [0, 0.1) is 5.92 Å². The van der Waals surface area contributed by atoms with Crippen LogP contribution < -0.4 is 10.6 Å². The van der Waals surface area contributed by atoms with Gasteiger partial charge in [-0.3, -0.25) is 9.69 Å². The number of nitrogens with zero attached hydrogens (tertiary/aromatic N) is 1. The predicted molar refractivity (Wildman–Crippen MR) is 97.4 cm³/mol. The van der Waals surface area contributed by atoms with Gasteiger partial charge in [0.05, 0.1) is 16.6 Å². The maximum atomic E-state index is 12.9. The molecule has 0 aromatic heterocycles. The summed E-state index contributed by atoms with van der Waals surface area (Å²) in [6.45, 7) is 4.40. The largest absolute Gasteiger partial charge is 0.417 e. The summed E-state index contributed by atoms with van der Waals surface area (Å²) in [5.74, 6) is 0.341. The summed E-state index contributed by atoms with van der Waals surface area (Å²) in [7, 11) is 1.93. The van der Waals surface area contributed by atoms with E-state index in [1.54, 1.807) is 6.92 Å². The van der Waals surface area contributed by atoms with Gasteiger partial charge in [0.1, 0.15) is 0 Å². The van der Waals surface area contributed by atoms with Crippen molar-refractivity contribution in [2.45, 2.75) is 38.4 Å². The normalized spacial score (nSPS) is 17.9. The van der Waals surface area contributed by atoms with Gasteiger partial charge in [-0.15, -0.1) is 0 Å². The fraction of sp³-hybridized carbons (Fsp3) is 0.611. The number of anilines is 1. The second-order valence-electron chi connectivity index (χ2n) is 6.73. The molecule has 1 atom stereocenters. The van der Waals surface area contributed by atoms with Gasteiger partial charge < -0.3 is 10.6 Å². The van der Waals surface area contributed by atoms with Crippen molar-refractivity contribution in [3.05, 3.63) is 28.8 Å². The number of carbonyl (C=O) groups is 1. The molecule has 0 aliphatic carbocycles. The number of halogens is 4. The minimum absolute atomic E-state index is 0.0995. The lowest BCUT2D eigenvalue weighted by Crippen LogP contribution is -2.46. The van der Waals surface area contributed by atoms with E-state index in [-0.39, 0.29) is 16.6 Å². The average Bonchev–Trinajstić information content (AvgIpc) is 2.60. The van der Waals surface area contributed by atoms with Crippen LogP contribution in [0.5, 0.6) is 0 Å². The summed E-state index contributed by atoms with van der Waals surface area (Å²) in [5, 5.41) is 5.34. The molecule has 1 aliphatic heterocycles. The molecule has 4 nitrogen and oxygen atoms in total. The van der Waals surface area contributed by atoms with Crippen molar-refractivity contribution in [3.63, 3.8) is 0 Å². The van der Waals surface area contributed by atoms with Gasteiger partial charge in [-0.05, 0) is 77.0 Å². The van der Waals surface area contributed by atoms with Crippen LogP contribution in [0.2, 0.25) is 5.02 Å². The van der Waals surface area contributed by atoms with Crippen molar-refractivity contribution in [3.8, 4) is 0 Å². The Balaban J connectivity index is 1.94. The summed E-state index contributed by atoms with van der Waals surface area (Å²) < 4.78 is 38.8. The molecule has 1 unspecified atom stereocenters. The summed E-state index contributed by atoms with van der Waals surface area (Å²) in [5.41, 5.74) is -0.850. The third-order valence-corrected chi connectivity index (χ3v) is 5.25. The Bertz CT molecular complexity index is 616. The summed E-state index contributed by atoms with van der Waals surface area (Å²) in [6.07, 6.45) is -1.38. The van der Waals surface area contributed by atoms with Gasteiger partial charge in [-0.2, -0.15) is 13.2 Å². The number of likely N-dealkylation sites (tertiary alicyclic amines) is 1. The molecule has 1 amide bonds. The number of nitrogens with one attached hydrogen (secondary N) is 2. The van der Waals surface area contributed by atoms with E-state index < -0.39 is 17.8 Å². The molecule has 0 saturated carbocycles. The zero-order chi connectivity index (χ0) is 19.3. The Hall–Kier alpha value is -1.31. The molecule has 2 N–H and O–H groups in total. The number of piperidine rings is 1. The minimum Gasteiger partial charge on any atom is -0.325 e. The summed E-state index contributed by atoms with van der Waals surface area (Å²) in [4.78, 5) is 14.5. The maximum absolute atomic E-state index is 12.9. The van der Waals surface area contributed by atoms with Crippen LogP contribution >= 0.6 is 11.6 Å². The molecule has 26 heavy (non-hydrogen) atoms. The second-order valence-corrected chi connectivity index (χ2v) is 7.14. The van der Waals surface area contributed by atoms with Crippen LogP contribution in [0.4, 0.5) is 18.9 Å². The smallest absolute Gasteiger partial charge is 0.325 e. The summed E-state index contributed by atoms with van der Waals surface area (Å²) in [6, 6.07) is 3.01. The first-order valence-corrected chi connectivity index (χ1v) is 9.16. The topological polar surface area (TPSA) is 44.4 Å². The zero-order valence-electron chi connectivity index (χ0n) is 15.0. The van der Waals surface area contributed by atoms with Gasteiger partial charge in [0.15, 0.2) is 0 Å². The molecule has 0 bridgehead atoms. The Labute approximate surface area is 157 Å². The highest BCUT2D eigenvalue weighted by molar-refractivity contribution is 6.31. The standard InChI is InChI=1S/C18H25ClF3N3O/c1-12(25-9-6-13(7-10-25)5-8-23-2)17(26)24-14-3-4-16(19)15(11-14)18(20,21)22/h3-4,11-13,23H,5-10H2,1-2H3,(H,24,26). The molecule has 1 aromatic rings. The fourth-order valence-electron chi connectivity index (χ4n) is 3.21. The molecule has 1 aliphatic rings. The van der Waals surface area contributed by atoms with E-state index >= 15 is 0 Å². The highest BCUT2D eigenvalue weighted by Gasteiger charge is 2.34. The van der Waals surface area contributed by atoms with Crippen LogP contribution in [0.15, 0.2) is 18.2 Å². The van der Waals surface area contributed by atoms with E-state index in [4.69, 9.17) is 11.6 Å². The number of carbonyl (C=O) groups excluding carboxylic acids is 1. The number of amides is 1. The SMILES string of the molecule is CNCCC1CCN(C(C)C(=O)Nc2ccc(Cl)c(C(F)(F)F)c2)CC1. The van der Waals surface area contributed by atoms with Crippen molar-refractivity contribution in [2.24, 2.45) is 5.92 Å². The third-order valence-electron chi connectivity index (χ3n) is 4.92. The van der Waals surface area contributed by atoms with Crippen LogP contribution in [-0.4, -0.2) is 43.5 Å². The molecule has 1 saturated heterocycles. The molecule has 1 fully saturated rings. The highest BCUT2D eigenvalue weighted by atomic mass is 35.5. The third kappa shape index (κ3) is 5.59. The lowest BCUT2D eigenvalue weighted by Gasteiger charge is -2.35. The molecule has 2 rings (SSSR count). The molecule has 0 spiro atoms. The van der Waals surface area contributed by atoms with Crippen molar-refractivity contribution in [1.82, 2.24) is 10.2 Å². The lowest BCUT2D eigenvalue weighted by atomic mass is 9.93. The Morgan fingerprint density at radius 2 is 2.00 bits per heavy atom. The van der Waals surface area contributed by atoms with Gasteiger partial charge >= 0.3 is 6.18 Å². The Kier molecular flexibility index (Phi) is 7.32. The van der Waals surface area contributed by atoms with E-state index in [2.05, 4.69) is 15.5 Å². The zero-order valence-corrected chi connectivity index (χ0v) is 15.8. The number of hydrogen-bond acceptors (Lipinski definition) is 3. The Morgan fingerprint density at radius 1 is 1.35 bits per heavy atom. The maximum Gasteiger partial charge on any atom is 0.417 e. The predicted octanol–water partition coefficient (Wildman–Crippen LogP) is 4.01. The minimum atomic E-state index is -4.56. The van der Waals surface area contributed by atoms with Gasteiger partial charge in [0.25, 0.3) is 0 Å². The van der Waals surface area contributed by atoms with Crippen LogP contribution in [0.1, 0.15) is 31.7 Å². The van der Waals surface area contributed by atoms with E-state index in [9.17, 15) is 18.0 Å². The van der Waals surface area contributed by atoms with E-state index in [1.807, 2.05) is 7.05 Å². The second kappa shape index (κ2) is 9.06. The average molecular weight is 392 g/mol. The van der Waals surface area contributed by atoms with Crippen molar-refractivity contribution in [1.29, 1.82) is 0 Å². The number of benzene rings is 1. The van der Waals surface area contributed by atoms with E-state index in [1.165, 1.54) is 6.07 Å². The molecular formula is C18H25ClF3N3O. The van der Waals surface area contributed by atoms with Crippen LogP contribution in [0.25, 0.3) is 0 Å². The van der Waals surface area contributed by atoms with Crippen molar-refractivity contribution < 1.29 is 18.0 Å². The van der Waals surface area contributed by atoms with Crippen LogP contribution in [-0.2, 0) is 11.0 Å². The molecule has 1 heterocycles. The van der Waals surface area contributed by atoms with Gasteiger partial charge in [-0.25, -0.2) is 0 Å². The summed E-state index contributed by atoms with van der Waals surface area (Å²) >= 11 is 5.61. The first-order chi connectivity index (χ1) is 12.2. The highest BCUT2D eigenvalue weighted by Crippen LogP contribution is 2.36. The van der Waals surface area contributed by atoms with Gasteiger partial charge in [0, 0.05) is 5.69 Å². The number of rotatable bonds is 6. The Morgan fingerprint density at radius 3 is 2.58 bits per heavy atom. The lowest BCUT2D eigenvalue weighted by molar-refractivity contribution is -0.137. The molecule has 1 aromatic carbocycles. The first kappa shape index (κ1) is 21.0.